The number of benzene rings is 1. The van der Waals surface area contributed by atoms with Crippen molar-refractivity contribution in [2.45, 2.75) is 12.8 Å². The van der Waals surface area contributed by atoms with Crippen LogP contribution in [0.5, 0.6) is 5.75 Å². The van der Waals surface area contributed by atoms with Crippen LogP contribution in [0.25, 0.3) is 0 Å². The molecule has 8 heteroatoms. The number of aliphatic carboxylic acids is 1. The van der Waals surface area contributed by atoms with Gasteiger partial charge in [-0.1, -0.05) is 11.6 Å². The maximum atomic E-state index is 11.1. The third-order valence-corrected chi connectivity index (χ3v) is 4.51. The molecular weight excluding hydrogens is 344 g/mol. The Morgan fingerprint density at radius 2 is 2.12 bits per heavy atom. The molecule has 1 fully saturated rings. The van der Waals surface area contributed by atoms with E-state index >= 15 is 0 Å². The highest BCUT2D eigenvalue weighted by Crippen LogP contribution is 2.28. The smallest absolute Gasteiger partial charge is 0.306 e. The highest BCUT2D eigenvalue weighted by molar-refractivity contribution is 6.32. The minimum atomic E-state index is -0.721. The topological polar surface area (TPSA) is 87.6 Å². The van der Waals surface area contributed by atoms with Gasteiger partial charge in [-0.3, -0.25) is 4.79 Å². The van der Waals surface area contributed by atoms with E-state index in [1.165, 1.54) is 0 Å². The van der Waals surface area contributed by atoms with Gasteiger partial charge in [-0.25, -0.2) is 4.98 Å². The summed E-state index contributed by atoms with van der Waals surface area (Å²) in [4.78, 5) is 21.9. The lowest BCUT2D eigenvalue weighted by Crippen LogP contribution is -2.36. The van der Waals surface area contributed by atoms with Crippen molar-refractivity contribution in [2.24, 2.45) is 5.92 Å². The van der Waals surface area contributed by atoms with Crippen LogP contribution in [0.2, 0.25) is 5.02 Å². The van der Waals surface area contributed by atoms with Crippen LogP contribution in [-0.2, 0) is 4.79 Å². The van der Waals surface area contributed by atoms with Gasteiger partial charge < -0.3 is 20.1 Å². The van der Waals surface area contributed by atoms with E-state index in [2.05, 4.69) is 20.2 Å². The summed E-state index contributed by atoms with van der Waals surface area (Å²) in [7, 11) is 1.56. The molecule has 1 aromatic carbocycles. The standard InChI is InChI=1S/C17H19ClN4O3/c1-25-14-3-2-12(10-13(14)18)20-17-19-7-4-15(21-17)22-8-5-11(6-9-22)16(23)24/h2-4,7,10-11H,5-6,8-9H2,1H3,(H,23,24)(H,19,20,21). The van der Waals surface area contributed by atoms with Gasteiger partial charge in [0.2, 0.25) is 5.95 Å². The number of methoxy groups -OCH3 is 1. The van der Waals surface area contributed by atoms with Crippen molar-refractivity contribution in [2.75, 3.05) is 30.4 Å². The molecule has 0 saturated carbocycles. The Kier molecular flexibility index (Phi) is 5.23. The summed E-state index contributed by atoms with van der Waals surface area (Å²) in [5, 5.41) is 12.7. The average Bonchev–Trinajstić information content (AvgIpc) is 2.62. The van der Waals surface area contributed by atoms with Gasteiger partial charge in [0, 0.05) is 25.0 Å². The number of hydrogen-bond donors (Lipinski definition) is 2. The predicted molar refractivity (Wildman–Crippen MR) is 95.9 cm³/mol. The molecule has 0 spiro atoms. The number of ether oxygens (including phenoxy) is 1. The first-order valence-corrected chi connectivity index (χ1v) is 8.36. The molecule has 132 valence electrons. The molecule has 7 nitrogen and oxygen atoms in total. The van der Waals surface area contributed by atoms with E-state index in [-0.39, 0.29) is 5.92 Å². The summed E-state index contributed by atoms with van der Waals surface area (Å²) in [6.45, 7) is 1.34. The van der Waals surface area contributed by atoms with Gasteiger partial charge in [0.05, 0.1) is 18.1 Å². The zero-order valence-corrected chi connectivity index (χ0v) is 14.5. The van der Waals surface area contributed by atoms with Crippen molar-refractivity contribution in [1.29, 1.82) is 0 Å². The third kappa shape index (κ3) is 4.11. The van der Waals surface area contributed by atoms with Crippen LogP contribution in [0.1, 0.15) is 12.8 Å². The molecule has 1 saturated heterocycles. The van der Waals surface area contributed by atoms with Crippen LogP contribution in [-0.4, -0.2) is 41.2 Å². The van der Waals surface area contributed by atoms with Crippen LogP contribution in [0.3, 0.4) is 0 Å². The normalized spacial score (nSPS) is 15.0. The Morgan fingerprint density at radius 3 is 2.76 bits per heavy atom. The number of carboxylic acids is 1. The van der Waals surface area contributed by atoms with Crippen LogP contribution >= 0.6 is 11.6 Å². The number of nitrogens with zero attached hydrogens (tertiary/aromatic N) is 3. The molecule has 0 amide bonds. The van der Waals surface area contributed by atoms with E-state index in [0.717, 1.165) is 11.5 Å². The zero-order chi connectivity index (χ0) is 17.8. The first kappa shape index (κ1) is 17.3. The molecule has 1 aliphatic heterocycles. The van der Waals surface area contributed by atoms with Crippen molar-refractivity contribution < 1.29 is 14.6 Å². The van der Waals surface area contributed by atoms with E-state index in [1.807, 2.05) is 12.1 Å². The molecule has 0 bridgehead atoms. The second-order valence-electron chi connectivity index (χ2n) is 5.81. The first-order valence-electron chi connectivity index (χ1n) is 7.98. The van der Waals surface area contributed by atoms with Gasteiger partial charge in [-0.15, -0.1) is 0 Å². The number of rotatable bonds is 5. The highest BCUT2D eigenvalue weighted by Gasteiger charge is 2.25. The molecule has 0 atom stereocenters. The van der Waals surface area contributed by atoms with Crippen LogP contribution in [0, 0.1) is 5.92 Å². The van der Waals surface area contributed by atoms with Crippen molar-refractivity contribution in [1.82, 2.24) is 9.97 Å². The van der Waals surface area contributed by atoms with E-state index in [4.69, 9.17) is 21.4 Å². The van der Waals surface area contributed by atoms with Gasteiger partial charge in [0.25, 0.3) is 0 Å². The van der Waals surface area contributed by atoms with Crippen molar-refractivity contribution >= 4 is 35.0 Å². The van der Waals surface area contributed by atoms with Crippen LogP contribution < -0.4 is 15.0 Å². The van der Waals surface area contributed by atoms with Gasteiger partial charge >= 0.3 is 5.97 Å². The van der Waals surface area contributed by atoms with Crippen molar-refractivity contribution in [3.8, 4) is 5.75 Å². The Morgan fingerprint density at radius 1 is 1.36 bits per heavy atom. The Hall–Kier alpha value is -2.54. The molecule has 1 aromatic heterocycles. The summed E-state index contributed by atoms with van der Waals surface area (Å²) in [5.41, 5.74) is 0.757. The number of anilines is 3. The molecule has 1 aliphatic rings. The first-order chi connectivity index (χ1) is 12.1. The monoisotopic (exact) mass is 362 g/mol. The number of carbonyl (C=O) groups is 1. The minimum Gasteiger partial charge on any atom is -0.495 e. The summed E-state index contributed by atoms with van der Waals surface area (Å²) in [6.07, 6.45) is 2.92. The van der Waals surface area contributed by atoms with Gasteiger partial charge in [0.1, 0.15) is 11.6 Å². The fourth-order valence-corrected chi connectivity index (χ4v) is 3.07. The van der Waals surface area contributed by atoms with E-state index < -0.39 is 5.97 Å². The van der Waals surface area contributed by atoms with E-state index in [0.29, 0.717) is 42.7 Å². The number of piperidine rings is 1. The lowest BCUT2D eigenvalue weighted by molar-refractivity contribution is -0.142. The lowest BCUT2D eigenvalue weighted by atomic mass is 9.97. The Labute approximate surface area is 150 Å². The Bertz CT molecular complexity index is 763. The van der Waals surface area contributed by atoms with E-state index in [9.17, 15) is 4.79 Å². The maximum Gasteiger partial charge on any atom is 0.306 e. The molecule has 0 radical (unpaired) electrons. The van der Waals surface area contributed by atoms with Crippen LogP contribution in [0.4, 0.5) is 17.5 Å². The number of nitrogens with one attached hydrogen (secondary N) is 1. The molecule has 0 aliphatic carbocycles. The molecule has 2 heterocycles. The molecule has 3 rings (SSSR count). The SMILES string of the molecule is COc1ccc(Nc2nccc(N3CCC(C(=O)O)CC3)n2)cc1Cl. The molecule has 2 aromatic rings. The summed E-state index contributed by atoms with van der Waals surface area (Å²) >= 11 is 6.13. The number of halogens is 1. The minimum absolute atomic E-state index is 0.267. The molecule has 2 N–H and O–H groups in total. The van der Waals surface area contributed by atoms with E-state index in [1.54, 1.807) is 25.4 Å². The van der Waals surface area contributed by atoms with Crippen LogP contribution in [0.15, 0.2) is 30.5 Å². The van der Waals surface area contributed by atoms with Gasteiger partial charge in [-0.05, 0) is 37.1 Å². The average molecular weight is 363 g/mol. The zero-order valence-electron chi connectivity index (χ0n) is 13.8. The lowest BCUT2D eigenvalue weighted by Gasteiger charge is -2.31. The maximum absolute atomic E-state index is 11.1. The molecule has 25 heavy (non-hydrogen) atoms. The predicted octanol–water partition coefficient (Wildman–Crippen LogP) is 3.18. The second-order valence-corrected chi connectivity index (χ2v) is 6.22. The molecular formula is C17H19ClN4O3. The fourth-order valence-electron chi connectivity index (χ4n) is 2.81. The fraction of sp³-hybridized carbons (Fsp3) is 0.353. The molecule has 0 unspecified atom stereocenters. The number of carboxylic acid groups (broad SMARTS) is 1. The van der Waals surface area contributed by atoms with Gasteiger partial charge in [-0.2, -0.15) is 4.98 Å². The van der Waals surface area contributed by atoms with Gasteiger partial charge in [0.15, 0.2) is 0 Å². The highest BCUT2D eigenvalue weighted by atomic mass is 35.5. The summed E-state index contributed by atoms with van der Waals surface area (Å²) < 4.78 is 5.13. The summed E-state index contributed by atoms with van der Waals surface area (Å²) in [6, 6.07) is 7.17. The largest absolute Gasteiger partial charge is 0.495 e. The van der Waals surface area contributed by atoms with Crippen molar-refractivity contribution in [3.05, 3.63) is 35.5 Å². The number of aromatic nitrogens is 2. The van der Waals surface area contributed by atoms with Crippen molar-refractivity contribution in [3.63, 3.8) is 0 Å². The quantitative estimate of drug-likeness (QED) is 0.844. The summed E-state index contributed by atoms with van der Waals surface area (Å²) in [5.74, 6) is 0.849. The third-order valence-electron chi connectivity index (χ3n) is 4.22. The second kappa shape index (κ2) is 7.57. The number of hydrogen-bond acceptors (Lipinski definition) is 6. The Balaban J connectivity index is 1.70.